The van der Waals surface area contributed by atoms with Crippen molar-refractivity contribution in [3.8, 4) is 0 Å². The van der Waals surface area contributed by atoms with Gasteiger partial charge in [0.1, 0.15) is 0 Å². The Kier molecular flexibility index (Phi) is 22.4. The number of hydrogen-bond donors (Lipinski definition) is 3. The number of carboxylic acids is 3. The number of ether oxygens (including phenoxy) is 3. The molecule has 0 heterocycles. The molecule has 51 heavy (non-hydrogen) atoms. The van der Waals surface area contributed by atoms with Gasteiger partial charge in [-0.15, -0.1) is 0 Å². The van der Waals surface area contributed by atoms with Crippen LogP contribution in [0.5, 0.6) is 0 Å². The van der Waals surface area contributed by atoms with Crippen molar-refractivity contribution < 1.29 is 58.3 Å². The van der Waals surface area contributed by atoms with E-state index in [4.69, 9.17) is 14.2 Å². The highest BCUT2D eigenvalue weighted by atomic mass is 16.5. The molecule has 0 amide bonds. The molecule has 0 aromatic heterocycles. The molecule has 0 radical (unpaired) electrons. The van der Waals surface area contributed by atoms with Gasteiger partial charge in [0.25, 0.3) is 0 Å². The van der Waals surface area contributed by atoms with Crippen molar-refractivity contribution in [2.24, 2.45) is 16.2 Å². The first kappa shape index (κ1) is 45.8. The number of carbonyl (C=O) groups is 6. The quantitative estimate of drug-likeness (QED) is 0.117. The summed E-state index contributed by atoms with van der Waals surface area (Å²) >= 11 is 0. The Labute approximate surface area is 304 Å². The lowest BCUT2D eigenvalue weighted by atomic mass is 9.77. The largest absolute Gasteiger partial charge is 0.480 e. The van der Waals surface area contributed by atoms with E-state index in [1.165, 1.54) is 0 Å². The molecule has 0 unspecified atom stereocenters. The molecule has 0 aromatic carbocycles. The second-order valence-electron chi connectivity index (χ2n) is 14.2. The molecular weight excluding hydrogens is 660 g/mol. The highest BCUT2D eigenvalue weighted by molar-refractivity contribution is 6.00. The van der Waals surface area contributed by atoms with E-state index in [0.29, 0.717) is 77.0 Å². The molecule has 0 aliphatic heterocycles. The lowest BCUT2D eigenvalue weighted by Crippen LogP contribution is -2.41. The molecule has 12 nitrogen and oxygen atoms in total. The molecule has 12 heteroatoms. The lowest BCUT2D eigenvalue weighted by molar-refractivity contribution is -0.172. The van der Waals surface area contributed by atoms with Crippen LogP contribution in [0.2, 0.25) is 0 Å². The molecule has 0 saturated heterocycles. The summed E-state index contributed by atoms with van der Waals surface area (Å²) < 4.78 is 15.7. The SMILES string of the molecule is CCOC(=O)C1(C(=O)O)CCCCCCCCC(C(=O)O)(C(=O)OCC)CCCCCCCCC(C(=O)O)(C(=O)OCC)CCCCCCCC1. The molecule has 294 valence electrons. The first-order valence-electron chi connectivity index (χ1n) is 19.6. The Hall–Kier alpha value is -3.18. The van der Waals surface area contributed by atoms with Gasteiger partial charge in [-0.05, 0) is 59.3 Å². The van der Waals surface area contributed by atoms with Crippen molar-refractivity contribution >= 4 is 35.8 Å². The number of hydrogen-bond acceptors (Lipinski definition) is 9. The third-order valence-corrected chi connectivity index (χ3v) is 10.6. The molecule has 1 rings (SSSR count). The van der Waals surface area contributed by atoms with Gasteiger partial charge < -0.3 is 29.5 Å². The van der Waals surface area contributed by atoms with Crippen molar-refractivity contribution in [1.29, 1.82) is 0 Å². The second kappa shape index (κ2) is 24.9. The molecule has 3 N–H and O–H groups in total. The van der Waals surface area contributed by atoms with Crippen LogP contribution in [0.3, 0.4) is 0 Å². The van der Waals surface area contributed by atoms with Gasteiger partial charge in [-0.25, -0.2) is 0 Å². The molecule has 0 atom stereocenters. The zero-order valence-corrected chi connectivity index (χ0v) is 31.6. The minimum absolute atomic E-state index is 0.0845. The van der Waals surface area contributed by atoms with Crippen molar-refractivity contribution in [2.75, 3.05) is 19.8 Å². The van der Waals surface area contributed by atoms with Gasteiger partial charge >= 0.3 is 35.8 Å². The maximum absolute atomic E-state index is 13.0. The summed E-state index contributed by atoms with van der Waals surface area (Å²) in [6, 6.07) is 0. The van der Waals surface area contributed by atoms with Gasteiger partial charge in [-0.2, -0.15) is 0 Å². The Balaban J connectivity index is 3.15. The van der Waals surface area contributed by atoms with Crippen LogP contribution in [-0.2, 0) is 43.0 Å². The molecule has 0 spiro atoms. The average molecular weight is 727 g/mol. The van der Waals surface area contributed by atoms with E-state index in [1.807, 2.05) is 0 Å². The summed E-state index contributed by atoms with van der Waals surface area (Å²) in [4.78, 5) is 76.6. The van der Waals surface area contributed by atoms with Crippen molar-refractivity contribution in [2.45, 2.75) is 175 Å². The predicted octanol–water partition coefficient (Wildman–Crippen LogP) is 8.26. The Bertz CT molecular complexity index is 921. The fraction of sp³-hybridized carbons (Fsp3) is 0.846. The third-order valence-electron chi connectivity index (χ3n) is 10.6. The molecule has 1 aliphatic carbocycles. The number of aliphatic carboxylic acids is 3. The van der Waals surface area contributed by atoms with E-state index in [9.17, 15) is 44.1 Å². The minimum Gasteiger partial charge on any atom is -0.480 e. The van der Waals surface area contributed by atoms with Gasteiger partial charge in [0.15, 0.2) is 16.2 Å². The third kappa shape index (κ3) is 14.4. The van der Waals surface area contributed by atoms with Gasteiger partial charge in [-0.1, -0.05) is 116 Å². The van der Waals surface area contributed by atoms with Gasteiger partial charge in [-0.3, -0.25) is 28.8 Å². The van der Waals surface area contributed by atoms with Crippen LogP contribution >= 0.6 is 0 Å². The first-order valence-corrected chi connectivity index (χ1v) is 19.6. The van der Waals surface area contributed by atoms with Gasteiger partial charge in [0.05, 0.1) is 19.8 Å². The van der Waals surface area contributed by atoms with Crippen LogP contribution in [0, 0.1) is 16.2 Å². The normalized spacial score (nSPS) is 26.4. The van der Waals surface area contributed by atoms with E-state index >= 15 is 0 Å². The van der Waals surface area contributed by atoms with E-state index < -0.39 is 52.1 Å². The zero-order chi connectivity index (χ0) is 38.2. The van der Waals surface area contributed by atoms with Crippen molar-refractivity contribution in [3.05, 3.63) is 0 Å². The maximum Gasteiger partial charge on any atom is 0.323 e. The fourth-order valence-electron chi connectivity index (χ4n) is 7.38. The fourth-order valence-corrected chi connectivity index (χ4v) is 7.38. The molecule has 1 saturated carbocycles. The Morgan fingerprint density at radius 2 is 0.510 bits per heavy atom. The summed E-state index contributed by atoms with van der Waals surface area (Å²) in [6.07, 6.45) is 13.1. The number of rotatable bonds is 9. The highest BCUT2D eigenvalue weighted by Gasteiger charge is 2.48. The summed E-state index contributed by atoms with van der Waals surface area (Å²) in [7, 11) is 0. The number of carboxylic acid groups (broad SMARTS) is 3. The van der Waals surface area contributed by atoms with Crippen molar-refractivity contribution in [3.63, 3.8) is 0 Å². The van der Waals surface area contributed by atoms with E-state index in [2.05, 4.69) is 0 Å². The first-order chi connectivity index (χ1) is 24.4. The Morgan fingerprint density at radius 3 is 0.647 bits per heavy atom. The molecule has 0 aromatic rings. The molecule has 1 fully saturated rings. The highest BCUT2D eigenvalue weighted by Crippen LogP contribution is 2.37. The van der Waals surface area contributed by atoms with Crippen LogP contribution in [-0.4, -0.2) is 71.0 Å². The molecular formula is C39H66O12. The summed E-state index contributed by atoms with van der Waals surface area (Å²) in [5.41, 5.74) is -4.87. The van der Waals surface area contributed by atoms with Gasteiger partial charge in [0, 0.05) is 0 Å². The molecule has 1 aliphatic rings. The second-order valence-corrected chi connectivity index (χ2v) is 14.2. The molecule has 0 bridgehead atoms. The Morgan fingerprint density at radius 1 is 0.353 bits per heavy atom. The average Bonchev–Trinajstić information content (AvgIpc) is 3.08. The summed E-state index contributed by atoms with van der Waals surface area (Å²) in [6.45, 7) is 5.21. The maximum atomic E-state index is 13.0. The van der Waals surface area contributed by atoms with Crippen molar-refractivity contribution in [1.82, 2.24) is 0 Å². The zero-order valence-electron chi connectivity index (χ0n) is 31.6. The number of carbonyl (C=O) groups excluding carboxylic acids is 3. The minimum atomic E-state index is -1.62. The predicted molar refractivity (Wildman–Crippen MR) is 191 cm³/mol. The topological polar surface area (TPSA) is 191 Å². The van der Waals surface area contributed by atoms with Crippen LogP contribution in [0.25, 0.3) is 0 Å². The monoisotopic (exact) mass is 726 g/mol. The van der Waals surface area contributed by atoms with Crippen LogP contribution in [0.1, 0.15) is 175 Å². The van der Waals surface area contributed by atoms with Crippen LogP contribution < -0.4 is 0 Å². The van der Waals surface area contributed by atoms with E-state index in [-0.39, 0.29) is 58.3 Å². The van der Waals surface area contributed by atoms with E-state index in [1.54, 1.807) is 20.8 Å². The number of esters is 3. The summed E-state index contributed by atoms with van der Waals surface area (Å²) in [5.74, 6) is -5.69. The standard InChI is InChI=1S/C39H66O12/c1-4-49-34(46)37(31(40)41)25-19-13-7-9-15-21-27-38(32(42)43,35(47)50-5-2)29-23-17-11-12-18-24-30-39(33(44)45,36(48)51-6-3)28-22-16-10-8-14-20-26-37/h4-30H2,1-3H3,(H,40,41)(H,42,43)(H,44,45). The van der Waals surface area contributed by atoms with Gasteiger partial charge in [0.2, 0.25) is 0 Å². The summed E-state index contributed by atoms with van der Waals surface area (Å²) in [5, 5.41) is 30.7. The van der Waals surface area contributed by atoms with E-state index in [0.717, 1.165) is 38.5 Å². The smallest absolute Gasteiger partial charge is 0.323 e. The van der Waals surface area contributed by atoms with Crippen LogP contribution in [0.4, 0.5) is 0 Å². The lowest BCUT2D eigenvalue weighted by Gasteiger charge is -2.27. The van der Waals surface area contributed by atoms with Crippen LogP contribution in [0.15, 0.2) is 0 Å².